The van der Waals surface area contributed by atoms with Crippen LogP contribution in [0.3, 0.4) is 0 Å². The fraction of sp³-hybridized carbons (Fsp3) is 0.143. The van der Waals surface area contributed by atoms with Crippen molar-refractivity contribution in [1.82, 2.24) is 15.1 Å². The number of aromatic nitrogens is 2. The molecule has 2 aromatic carbocycles. The quantitative estimate of drug-likeness (QED) is 0.683. The Kier molecular flexibility index (Phi) is 5.26. The number of carbonyl (C=O) groups is 1. The number of allylic oxidation sites excluding steroid dienone is 1. The van der Waals surface area contributed by atoms with Crippen molar-refractivity contribution in [3.63, 3.8) is 0 Å². The van der Waals surface area contributed by atoms with E-state index in [1.54, 1.807) is 7.11 Å². The lowest BCUT2D eigenvalue weighted by molar-refractivity contribution is 0.194. The van der Waals surface area contributed by atoms with E-state index in [-0.39, 0.29) is 6.54 Å². The average molecular weight is 363 g/mol. The summed E-state index contributed by atoms with van der Waals surface area (Å²) in [5.41, 5.74) is 5.40. The molecule has 27 heavy (non-hydrogen) atoms. The molecule has 1 heterocycles. The first-order valence-electron chi connectivity index (χ1n) is 8.44. The fourth-order valence-corrected chi connectivity index (χ4v) is 2.69. The van der Waals surface area contributed by atoms with Gasteiger partial charge in [0.25, 0.3) is 0 Å². The van der Waals surface area contributed by atoms with Crippen LogP contribution in [0, 0.1) is 0 Å². The zero-order valence-corrected chi connectivity index (χ0v) is 15.3. The highest BCUT2D eigenvalue weighted by atomic mass is 16.5. The van der Waals surface area contributed by atoms with Crippen LogP contribution >= 0.6 is 0 Å². The minimum absolute atomic E-state index is 0.268. The third-order valence-electron chi connectivity index (χ3n) is 4.16. The highest BCUT2D eigenvalue weighted by molar-refractivity contribution is 5.69. The second kappa shape index (κ2) is 7.78. The number of rotatable bonds is 6. The number of hydrogen-bond donors (Lipinski definition) is 2. The lowest BCUT2D eigenvalue weighted by Crippen LogP contribution is -2.19. The van der Waals surface area contributed by atoms with Crippen LogP contribution < -0.4 is 10.1 Å². The van der Waals surface area contributed by atoms with Crippen LogP contribution in [0.15, 0.2) is 61.2 Å². The number of nitrogens with zero attached hydrogens (tertiary/aromatic N) is 2. The number of nitrogens with one attached hydrogen (secondary N) is 1. The van der Waals surface area contributed by atoms with Crippen molar-refractivity contribution < 1.29 is 14.6 Å². The number of benzene rings is 2. The zero-order chi connectivity index (χ0) is 19.4. The number of hydrogen-bond acceptors (Lipinski definition) is 3. The maximum Gasteiger partial charge on any atom is 0.404 e. The van der Waals surface area contributed by atoms with E-state index in [9.17, 15) is 4.79 Å². The van der Waals surface area contributed by atoms with Gasteiger partial charge in [0.05, 0.1) is 24.2 Å². The summed E-state index contributed by atoms with van der Waals surface area (Å²) in [6, 6.07) is 17.4. The molecule has 1 amide bonds. The van der Waals surface area contributed by atoms with Crippen LogP contribution in [0.5, 0.6) is 5.75 Å². The molecule has 0 saturated carbocycles. The molecule has 2 N–H and O–H groups in total. The normalized spacial score (nSPS) is 10.4. The van der Waals surface area contributed by atoms with E-state index in [0.717, 1.165) is 39.5 Å². The fourth-order valence-electron chi connectivity index (χ4n) is 2.69. The highest BCUT2D eigenvalue weighted by Gasteiger charge is 2.12. The second-order valence-electron chi connectivity index (χ2n) is 6.16. The van der Waals surface area contributed by atoms with Gasteiger partial charge in [-0.1, -0.05) is 30.8 Å². The molecule has 0 saturated heterocycles. The van der Waals surface area contributed by atoms with Gasteiger partial charge in [0.15, 0.2) is 0 Å². The van der Waals surface area contributed by atoms with Crippen LogP contribution in [0.1, 0.15) is 18.2 Å². The van der Waals surface area contributed by atoms with Gasteiger partial charge in [0.2, 0.25) is 0 Å². The topological polar surface area (TPSA) is 76.4 Å². The Bertz CT molecular complexity index is 957. The van der Waals surface area contributed by atoms with Gasteiger partial charge < -0.3 is 15.2 Å². The summed E-state index contributed by atoms with van der Waals surface area (Å²) in [6.07, 6.45) is -1.04. The Balaban J connectivity index is 1.98. The lowest BCUT2D eigenvalue weighted by Gasteiger charge is -2.09. The monoisotopic (exact) mass is 363 g/mol. The molecule has 0 bridgehead atoms. The van der Waals surface area contributed by atoms with Crippen molar-refractivity contribution in [3.05, 3.63) is 72.4 Å². The first-order valence-corrected chi connectivity index (χ1v) is 8.44. The van der Waals surface area contributed by atoms with E-state index in [1.165, 1.54) is 0 Å². The van der Waals surface area contributed by atoms with Gasteiger partial charge in [-0.25, -0.2) is 9.48 Å². The first-order chi connectivity index (χ1) is 13.0. The lowest BCUT2D eigenvalue weighted by atomic mass is 10.1. The number of amides is 1. The van der Waals surface area contributed by atoms with Gasteiger partial charge in [0.1, 0.15) is 5.75 Å². The van der Waals surface area contributed by atoms with Crippen molar-refractivity contribution in [2.45, 2.75) is 13.5 Å². The van der Waals surface area contributed by atoms with E-state index in [1.807, 2.05) is 66.2 Å². The summed E-state index contributed by atoms with van der Waals surface area (Å²) in [6.45, 7) is 6.18. The summed E-state index contributed by atoms with van der Waals surface area (Å²) in [5, 5.41) is 15.8. The maximum absolute atomic E-state index is 10.6. The molecule has 0 fully saturated rings. The van der Waals surface area contributed by atoms with Crippen LogP contribution in [0.2, 0.25) is 0 Å². The zero-order valence-electron chi connectivity index (χ0n) is 15.3. The molecule has 0 aliphatic heterocycles. The van der Waals surface area contributed by atoms with Gasteiger partial charge in [-0.3, -0.25) is 0 Å². The third-order valence-corrected chi connectivity index (χ3v) is 4.16. The molecular formula is C21H21N3O3. The predicted molar refractivity (Wildman–Crippen MR) is 105 cm³/mol. The largest absolute Gasteiger partial charge is 0.497 e. The molecule has 0 aliphatic carbocycles. The summed E-state index contributed by atoms with van der Waals surface area (Å²) < 4.78 is 7.09. The van der Waals surface area contributed by atoms with E-state index in [4.69, 9.17) is 9.84 Å². The molecule has 6 heteroatoms. The highest BCUT2D eigenvalue weighted by Crippen LogP contribution is 2.27. The van der Waals surface area contributed by atoms with Gasteiger partial charge in [-0.2, -0.15) is 5.10 Å². The van der Waals surface area contributed by atoms with E-state index >= 15 is 0 Å². The predicted octanol–water partition coefficient (Wildman–Crippen LogP) is 4.35. The molecule has 6 nitrogen and oxygen atoms in total. The Labute approximate surface area is 157 Å². The van der Waals surface area contributed by atoms with Crippen LogP contribution in [0.4, 0.5) is 4.79 Å². The number of ether oxygens (including phenoxy) is 1. The number of methoxy groups -OCH3 is 1. The minimum Gasteiger partial charge on any atom is -0.497 e. The second-order valence-corrected chi connectivity index (χ2v) is 6.16. The van der Waals surface area contributed by atoms with Crippen LogP contribution in [0.25, 0.3) is 22.5 Å². The summed E-state index contributed by atoms with van der Waals surface area (Å²) in [4.78, 5) is 10.6. The molecule has 0 aliphatic rings. The van der Waals surface area contributed by atoms with E-state index in [2.05, 4.69) is 17.0 Å². The molecule has 0 unspecified atom stereocenters. The Hall–Kier alpha value is -3.54. The molecular weight excluding hydrogens is 342 g/mol. The van der Waals surface area contributed by atoms with Gasteiger partial charge in [0, 0.05) is 12.1 Å². The Morgan fingerprint density at radius 1 is 1.19 bits per heavy atom. The van der Waals surface area contributed by atoms with Crippen molar-refractivity contribution in [3.8, 4) is 22.7 Å². The molecule has 138 valence electrons. The first kappa shape index (κ1) is 18.3. The maximum atomic E-state index is 10.6. The number of carboxylic acid groups (broad SMARTS) is 1. The third kappa shape index (κ3) is 4.17. The summed E-state index contributed by atoms with van der Waals surface area (Å²) in [5.74, 6) is 0.780. The van der Waals surface area contributed by atoms with E-state index < -0.39 is 6.09 Å². The molecule has 0 radical (unpaired) electrons. The van der Waals surface area contributed by atoms with Gasteiger partial charge in [-0.05, 0) is 48.4 Å². The van der Waals surface area contributed by atoms with Gasteiger partial charge >= 0.3 is 6.09 Å². The Morgan fingerprint density at radius 3 is 2.41 bits per heavy atom. The molecule has 0 atom stereocenters. The van der Waals surface area contributed by atoms with Crippen molar-refractivity contribution in [2.24, 2.45) is 0 Å². The van der Waals surface area contributed by atoms with Crippen LogP contribution in [-0.4, -0.2) is 28.1 Å². The van der Waals surface area contributed by atoms with Gasteiger partial charge in [-0.15, -0.1) is 0 Å². The summed E-state index contributed by atoms with van der Waals surface area (Å²) in [7, 11) is 1.63. The molecule has 0 spiro atoms. The average Bonchev–Trinajstić information content (AvgIpc) is 3.12. The van der Waals surface area contributed by atoms with Crippen LogP contribution in [-0.2, 0) is 6.54 Å². The molecule has 3 aromatic rings. The van der Waals surface area contributed by atoms with E-state index in [0.29, 0.717) is 0 Å². The van der Waals surface area contributed by atoms with Crippen molar-refractivity contribution in [2.75, 3.05) is 7.11 Å². The molecule has 1 aromatic heterocycles. The standard InChI is InChI=1S/C21H21N3O3/c1-14(2)19-12-20(16-6-4-15(5-7-16)13-22-21(25)26)24(23-19)17-8-10-18(27-3)11-9-17/h4-12,22H,1,13H2,2-3H3,(H,25,26). The Morgan fingerprint density at radius 2 is 1.85 bits per heavy atom. The minimum atomic E-state index is -1.04. The SMILES string of the molecule is C=C(C)c1cc(-c2ccc(CNC(=O)O)cc2)n(-c2ccc(OC)cc2)n1. The van der Waals surface area contributed by atoms with Crippen molar-refractivity contribution >= 4 is 11.7 Å². The van der Waals surface area contributed by atoms with Crippen molar-refractivity contribution in [1.29, 1.82) is 0 Å². The smallest absolute Gasteiger partial charge is 0.404 e. The summed E-state index contributed by atoms with van der Waals surface area (Å²) >= 11 is 0. The molecule has 3 rings (SSSR count).